The summed E-state index contributed by atoms with van der Waals surface area (Å²) in [6, 6.07) is 1.94. The highest BCUT2D eigenvalue weighted by Crippen LogP contribution is 2.49. The number of nitrogens with zero attached hydrogens (tertiary/aromatic N) is 1. The maximum Gasteiger partial charge on any atom is 0.140 e. The molecule has 2 heteroatoms. The van der Waals surface area contributed by atoms with Crippen molar-refractivity contribution in [3.8, 4) is 6.07 Å². The first-order valence-corrected chi connectivity index (χ1v) is 5.97. The smallest absolute Gasteiger partial charge is 0.140 e. The van der Waals surface area contributed by atoms with Gasteiger partial charge >= 0.3 is 0 Å². The fourth-order valence-corrected chi connectivity index (χ4v) is 3.01. The van der Waals surface area contributed by atoms with Crippen LogP contribution in [0.25, 0.3) is 0 Å². The SMILES string of the molecule is CC1CCC(C)C(C)(C)C1CC(O)C#N. The molecule has 1 aliphatic rings. The second-order valence-corrected chi connectivity index (χ2v) is 5.76. The van der Waals surface area contributed by atoms with E-state index in [0.29, 0.717) is 24.2 Å². The summed E-state index contributed by atoms with van der Waals surface area (Å²) in [6.45, 7) is 9.10. The first kappa shape index (κ1) is 12.5. The van der Waals surface area contributed by atoms with Gasteiger partial charge in [0.2, 0.25) is 0 Å². The van der Waals surface area contributed by atoms with Gasteiger partial charge in [-0.1, -0.05) is 34.1 Å². The van der Waals surface area contributed by atoms with Gasteiger partial charge in [0.1, 0.15) is 6.10 Å². The molecule has 0 amide bonds. The van der Waals surface area contributed by atoms with Crippen LogP contribution < -0.4 is 0 Å². The summed E-state index contributed by atoms with van der Waals surface area (Å²) >= 11 is 0. The molecule has 15 heavy (non-hydrogen) atoms. The fraction of sp³-hybridized carbons (Fsp3) is 0.923. The third kappa shape index (κ3) is 2.52. The van der Waals surface area contributed by atoms with E-state index in [0.717, 1.165) is 0 Å². The molecule has 86 valence electrons. The predicted octanol–water partition coefficient (Wildman–Crippen LogP) is 2.97. The Labute approximate surface area is 93.3 Å². The summed E-state index contributed by atoms with van der Waals surface area (Å²) in [6.07, 6.45) is 2.34. The van der Waals surface area contributed by atoms with E-state index in [1.807, 2.05) is 6.07 Å². The van der Waals surface area contributed by atoms with Gasteiger partial charge in [-0.25, -0.2) is 0 Å². The van der Waals surface area contributed by atoms with Gasteiger partial charge in [0.25, 0.3) is 0 Å². The molecule has 4 unspecified atom stereocenters. The Hall–Kier alpha value is -0.550. The lowest BCUT2D eigenvalue weighted by molar-refractivity contribution is 0.00277. The van der Waals surface area contributed by atoms with E-state index >= 15 is 0 Å². The third-order valence-corrected chi connectivity index (χ3v) is 4.59. The van der Waals surface area contributed by atoms with E-state index in [1.165, 1.54) is 12.8 Å². The number of hydrogen-bond acceptors (Lipinski definition) is 2. The predicted molar refractivity (Wildman–Crippen MR) is 61.1 cm³/mol. The largest absolute Gasteiger partial charge is 0.378 e. The summed E-state index contributed by atoms with van der Waals surface area (Å²) < 4.78 is 0. The zero-order valence-electron chi connectivity index (χ0n) is 10.3. The highest BCUT2D eigenvalue weighted by atomic mass is 16.3. The standard InChI is InChI=1S/C13H23NO/c1-9-5-6-10(2)13(3,4)12(9)7-11(15)8-14/h9-12,15H,5-7H2,1-4H3. The Bertz CT molecular complexity index is 254. The van der Waals surface area contributed by atoms with E-state index in [1.54, 1.807) is 0 Å². The van der Waals surface area contributed by atoms with Crippen LogP contribution in [0.4, 0.5) is 0 Å². The molecule has 1 fully saturated rings. The van der Waals surface area contributed by atoms with Crippen molar-refractivity contribution in [3.05, 3.63) is 0 Å². The minimum Gasteiger partial charge on any atom is -0.378 e. The molecule has 0 aliphatic heterocycles. The van der Waals surface area contributed by atoms with Gasteiger partial charge < -0.3 is 5.11 Å². The first-order chi connectivity index (χ1) is 6.89. The molecule has 0 aromatic rings. The minimum absolute atomic E-state index is 0.246. The average molecular weight is 209 g/mol. The van der Waals surface area contributed by atoms with E-state index in [4.69, 9.17) is 5.26 Å². The topological polar surface area (TPSA) is 44.0 Å². The summed E-state index contributed by atoms with van der Waals surface area (Å²) in [4.78, 5) is 0. The number of aliphatic hydroxyl groups excluding tert-OH is 1. The summed E-state index contributed by atoms with van der Waals surface area (Å²) in [5, 5.41) is 18.2. The highest BCUT2D eigenvalue weighted by Gasteiger charge is 2.42. The van der Waals surface area contributed by atoms with Crippen molar-refractivity contribution >= 4 is 0 Å². The Morgan fingerprint density at radius 3 is 2.53 bits per heavy atom. The van der Waals surface area contributed by atoms with Crippen molar-refractivity contribution in [1.29, 1.82) is 5.26 Å². The van der Waals surface area contributed by atoms with Crippen molar-refractivity contribution in [3.63, 3.8) is 0 Å². The fourth-order valence-electron chi connectivity index (χ4n) is 3.01. The van der Waals surface area contributed by atoms with Crippen molar-refractivity contribution in [2.45, 2.75) is 53.1 Å². The van der Waals surface area contributed by atoms with Gasteiger partial charge in [0.15, 0.2) is 0 Å². The molecule has 1 N–H and O–H groups in total. The monoisotopic (exact) mass is 209 g/mol. The molecule has 1 rings (SSSR count). The van der Waals surface area contributed by atoms with Crippen LogP contribution in [0, 0.1) is 34.5 Å². The molecule has 0 aromatic carbocycles. The maximum absolute atomic E-state index is 9.49. The van der Waals surface area contributed by atoms with Gasteiger partial charge in [-0.2, -0.15) is 5.26 Å². The molecule has 2 nitrogen and oxygen atoms in total. The number of hydrogen-bond donors (Lipinski definition) is 1. The van der Waals surface area contributed by atoms with Crippen LogP contribution in [-0.2, 0) is 0 Å². The minimum atomic E-state index is -0.790. The average Bonchev–Trinajstić information content (AvgIpc) is 2.19. The van der Waals surface area contributed by atoms with Gasteiger partial charge in [0, 0.05) is 0 Å². The molecule has 0 heterocycles. The first-order valence-electron chi connectivity index (χ1n) is 5.97. The Morgan fingerprint density at radius 2 is 2.00 bits per heavy atom. The Morgan fingerprint density at radius 1 is 1.40 bits per heavy atom. The molecule has 0 spiro atoms. The molecule has 0 saturated heterocycles. The number of aliphatic hydroxyl groups is 1. The van der Waals surface area contributed by atoms with Crippen LogP contribution in [0.2, 0.25) is 0 Å². The normalized spacial score (nSPS) is 36.9. The molecule has 1 saturated carbocycles. The number of rotatable bonds is 2. The molecule has 0 aromatic heterocycles. The zero-order chi connectivity index (χ0) is 11.6. The van der Waals surface area contributed by atoms with Gasteiger partial charge in [-0.3, -0.25) is 0 Å². The van der Waals surface area contributed by atoms with Crippen molar-refractivity contribution in [2.75, 3.05) is 0 Å². The molecular formula is C13H23NO. The van der Waals surface area contributed by atoms with Crippen LogP contribution in [0.15, 0.2) is 0 Å². The molecule has 0 radical (unpaired) electrons. The lowest BCUT2D eigenvalue weighted by Crippen LogP contribution is -2.41. The van der Waals surface area contributed by atoms with Crippen molar-refractivity contribution < 1.29 is 5.11 Å². The van der Waals surface area contributed by atoms with Crippen molar-refractivity contribution in [2.24, 2.45) is 23.2 Å². The van der Waals surface area contributed by atoms with Gasteiger partial charge in [-0.05, 0) is 36.0 Å². The van der Waals surface area contributed by atoms with Crippen LogP contribution in [-0.4, -0.2) is 11.2 Å². The van der Waals surface area contributed by atoms with Crippen LogP contribution in [0.1, 0.15) is 47.0 Å². The van der Waals surface area contributed by atoms with E-state index in [-0.39, 0.29) is 5.41 Å². The Balaban J connectivity index is 2.77. The third-order valence-electron chi connectivity index (χ3n) is 4.59. The summed E-state index contributed by atoms with van der Waals surface area (Å²) in [5.41, 5.74) is 0.246. The van der Waals surface area contributed by atoms with E-state index < -0.39 is 6.10 Å². The van der Waals surface area contributed by atoms with E-state index in [9.17, 15) is 5.11 Å². The quantitative estimate of drug-likeness (QED) is 0.710. The second kappa shape index (κ2) is 4.53. The maximum atomic E-state index is 9.49. The molecule has 0 bridgehead atoms. The zero-order valence-corrected chi connectivity index (χ0v) is 10.3. The summed E-state index contributed by atoms with van der Waals surface area (Å²) in [5.74, 6) is 1.78. The van der Waals surface area contributed by atoms with Crippen molar-refractivity contribution in [1.82, 2.24) is 0 Å². The van der Waals surface area contributed by atoms with Crippen LogP contribution in [0.5, 0.6) is 0 Å². The number of nitriles is 1. The van der Waals surface area contributed by atoms with E-state index in [2.05, 4.69) is 27.7 Å². The second-order valence-electron chi connectivity index (χ2n) is 5.76. The Kier molecular flexibility index (Phi) is 3.78. The van der Waals surface area contributed by atoms with Crippen LogP contribution >= 0.6 is 0 Å². The lowest BCUT2D eigenvalue weighted by atomic mass is 9.58. The van der Waals surface area contributed by atoms with Crippen LogP contribution in [0.3, 0.4) is 0 Å². The lowest BCUT2D eigenvalue weighted by Gasteiger charge is -2.47. The molecular weight excluding hydrogens is 186 g/mol. The molecule has 4 atom stereocenters. The summed E-state index contributed by atoms with van der Waals surface area (Å²) in [7, 11) is 0. The van der Waals surface area contributed by atoms with Gasteiger partial charge in [-0.15, -0.1) is 0 Å². The highest BCUT2D eigenvalue weighted by molar-refractivity contribution is 4.95. The molecule has 1 aliphatic carbocycles. The van der Waals surface area contributed by atoms with Gasteiger partial charge in [0.05, 0.1) is 6.07 Å².